The number of para-hydroxylation sites is 1. The summed E-state index contributed by atoms with van der Waals surface area (Å²) in [6, 6.07) is 15.4. The lowest BCUT2D eigenvalue weighted by Gasteiger charge is -2.27. The molecular formula is C29H32N2O2. The fourth-order valence-electron chi connectivity index (χ4n) is 4.21. The summed E-state index contributed by atoms with van der Waals surface area (Å²) >= 11 is 0. The number of unbranched alkanes of at least 4 members (excludes halogenated alkanes) is 3. The number of aliphatic carboxylic acids is 1. The second kappa shape index (κ2) is 11.9. The normalized spacial score (nSPS) is 13.9. The number of hydrogen-bond acceptors (Lipinski definition) is 2. The molecule has 1 aliphatic heterocycles. The van der Waals surface area contributed by atoms with Gasteiger partial charge in [-0.15, -0.1) is 0 Å². The highest BCUT2D eigenvalue weighted by Crippen LogP contribution is 2.36. The molecule has 0 spiro atoms. The highest BCUT2D eigenvalue weighted by molar-refractivity contribution is 5.89. The maximum atomic E-state index is 11.0. The van der Waals surface area contributed by atoms with E-state index in [2.05, 4.69) is 59.1 Å². The van der Waals surface area contributed by atoms with Gasteiger partial charge in [0.25, 0.3) is 5.70 Å². The van der Waals surface area contributed by atoms with E-state index in [1.807, 2.05) is 18.2 Å². The number of rotatable bonds is 9. The zero-order valence-electron chi connectivity index (χ0n) is 19.6. The average molecular weight is 441 g/mol. The van der Waals surface area contributed by atoms with E-state index in [-0.39, 0.29) is 5.70 Å². The molecule has 1 aliphatic rings. The molecule has 3 rings (SSSR count). The average Bonchev–Trinajstić information content (AvgIpc) is 2.97. The first kappa shape index (κ1) is 24.1. The van der Waals surface area contributed by atoms with Gasteiger partial charge in [0.05, 0.1) is 6.57 Å². The van der Waals surface area contributed by atoms with Crippen LogP contribution < -0.4 is 4.90 Å². The molecule has 0 saturated heterocycles. The summed E-state index contributed by atoms with van der Waals surface area (Å²) in [5, 5.41) is 9.00. The van der Waals surface area contributed by atoms with Gasteiger partial charge in [-0.1, -0.05) is 74.3 Å². The summed E-state index contributed by atoms with van der Waals surface area (Å²) < 4.78 is 0. The molecule has 4 nitrogen and oxygen atoms in total. The van der Waals surface area contributed by atoms with Crippen molar-refractivity contribution in [3.05, 3.63) is 100 Å². The summed E-state index contributed by atoms with van der Waals surface area (Å²) in [5.74, 6) is -1.20. The van der Waals surface area contributed by atoms with Gasteiger partial charge in [0.15, 0.2) is 0 Å². The molecule has 2 aromatic rings. The Morgan fingerprint density at radius 2 is 1.85 bits per heavy atom. The number of carboxylic acids is 1. The highest BCUT2D eigenvalue weighted by atomic mass is 16.4. The van der Waals surface area contributed by atoms with Crippen LogP contribution >= 0.6 is 0 Å². The zero-order valence-corrected chi connectivity index (χ0v) is 19.6. The Morgan fingerprint density at radius 3 is 2.61 bits per heavy atom. The van der Waals surface area contributed by atoms with Gasteiger partial charge >= 0.3 is 5.97 Å². The van der Waals surface area contributed by atoms with Gasteiger partial charge in [-0.3, -0.25) is 4.79 Å². The Balaban J connectivity index is 1.84. The van der Waals surface area contributed by atoms with Crippen LogP contribution in [-0.4, -0.2) is 17.6 Å². The van der Waals surface area contributed by atoms with Gasteiger partial charge in [0.1, 0.15) is 0 Å². The minimum absolute atomic E-state index is 0.277. The van der Waals surface area contributed by atoms with Crippen molar-refractivity contribution in [2.24, 2.45) is 0 Å². The second-order valence-corrected chi connectivity index (χ2v) is 8.45. The maximum absolute atomic E-state index is 11.0. The molecule has 0 saturated carbocycles. The fraction of sp³-hybridized carbons (Fsp3) is 0.310. The fourth-order valence-corrected chi connectivity index (χ4v) is 4.21. The smallest absolute Gasteiger partial charge is 0.333 e. The summed E-state index contributed by atoms with van der Waals surface area (Å²) in [4.78, 5) is 16.5. The van der Waals surface area contributed by atoms with Crippen LogP contribution in [0, 0.1) is 6.57 Å². The molecule has 0 radical (unpaired) electrons. The largest absolute Gasteiger partial charge is 0.486 e. The molecule has 0 bridgehead atoms. The number of aryl methyl sites for hydroxylation is 2. The number of nitrogens with zero attached hydrogens (tertiary/aromatic N) is 2. The molecular weight excluding hydrogens is 408 g/mol. The van der Waals surface area contributed by atoms with Crippen molar-refractivity contribution in [2.75, 3.05) is 11.4 Å². The number of anilines is 2. The quantitative estimate of drug-likeness (QED) is 0.192. The maximum Gasteiger partial charge on any atom is 0.333 e. The highest BCUT2D eigenvalue weighted by Gasteiger charge is 2.20. The van der Waals surface area contributed by atoms with Crippen LogP contribution in [0.25, 0.3) is 10.9 Å². The van der Waals surface area contributed by atoms with E-state index in [1.54, 1.807) is 6.92 Å². The molecule has 0 unspecified atom stereocenters. The predicted octanol–water partition coefficient (Wildman–Crippen LogP) is 7.35. The first-order valence-corrected chi connectivity index (χ1v) is 11.7. The Bertz CT molecular complexity index is 1120. The van der Waals surface area contributed by atoms with E-state index >= 15 is 0 Å². The topological polar surface area (TPSA) is 44.9 Å². The molecule has 0 amide bonds. The van der Waals surface area contributed by atoms with Crippen LogP contribution in [-0.2, 0) is 17.6 Å². The number of benzene rings is 2. The minimum atomic E-state index is -1.20. The summed E-state index contributed by atoms with van der Waals surface area (Å²) in [6.45, 7) is 12.0. The molecule has 0 aliphatic carbocycles. The van der Waals surface area contributed by atoms with Crippen LogP contribution in [0.4, 0.5) is 11.4 Å². The third-order valence-electron chi connectivity index (χ3n) is 5.93. The van der Waals surface area contributed by atoms with E-state index in [9.17, 15) is 4.79 Å². The lowest BCUT2D eigenvalue weighted by atomic mass is 10.0. The van der Waals surface area contributed by atoms with Gasteiger partial charge in [-0.2, -0.15) is 0 Å². The van der Waals surface area contributed by atoms with Crippen LogP contribution in [0.15, 0.2) is 72.0 Å². The number of hydrogen-bond donors (Lipinski definition) is 1. The van der Waals surface area contributed by atoms with Crippen LogP contribution in [0.5, 0.6) is 0 Å². The van der Waals surface area contributed by atoms with Crippen LogP contribution in [0.1, 0.15) is 56.2 Å². The molecule has 0 atom stereocenters. The van der Waals surface area contributed by atoms with Crippen molar-refractivity contribution in [3.8, 4) is 0 Å². The van der Waals surface area contributed by atoms with Gasteiger partial charge < -0.3 is 10.0 Å². The van der Waals surface area contributed by atoms with Crippen molar-refractivity contribution in [1.82, 2.24) is 0 Å². The molecule has 2 aromatic carbocycles. The standard InChI is InChI=1S/C29H32N2O2/c1-4-5-6-9-19-31-27-14-8-7-13-24(27)16-17-25-21-23(15-18-28(25)31)12-10-11-22(2)20-26(30-3)29(32)33/h7-8,10-15,18,20-21H,4-6,9,16-17,19H2,1-2H3,(H,32,33)/b12-10+,22-11+,26-20-. The van der Waals surface area contributed by atoms with E-state index in [0.717, 1.165) is 30.5 Å². The Labute approximate surface area is 197 Å². The second-order valence-electron chi connectivity index (χ2n) is 8.45. The van der Waals surface area contributed by atoms with Crippen molar-refractivity contribution >= 4 is 23.4 Å². The molecule has 0 aromatic heterocycles. The van der Waals surface area contributed by atoms with Crippen molar-refractivity contribution in [1.29, 1.82) is 0 Å². The summed E-state index contributed by atoms with van der Waals surface area (Å²) in [7, 11) is 0. The Hall–Kier alpha value is -3.58. The van der Waals surface area contributed by atoms with E-state index in [1.165, 1.54) is 54.3 Å². The molecule has 4 heteroatoms. The van der Waals surface area contributed by atoms with Crippen molar-refractivity contribution < 1.29 is 9.90 Å². The van der Waals surface area contributed by atoms with E-state index < -0.39 is 5.97 Å². The number of allylic oxidation sites excluding steroid dienone is 4. The summed E-state index contributed by atoms with van der Waals surface area (Å²) in [5.41, 5.74) is 6.94. The van der Waals surface area contributed by atoms with Gasteiger partial charge in [0, 0.05) is 17.9 Å². The van der Waals surface area contributed by atoms with Crippen molar-refractivity contribution in [2.45, 2.75) is 52.4 Å². The lowest BCUT2D eigenvalue weighted by Crippen LogP contribution is -2.19. The van der Waals surface area contributed by atoms with Gasteiger partial charge in [-0.25, -0.2) is 4.85 Å². The monoisotopic (exact) mass is 440 g/mol. The van der Waals surface area contributed by atoms with Gasteiger partial charge in [-0.05, 0) is 67.2 Å². The third-order valence-corrected chi connectivity index (χ3v) is 5.93. The predicted molar refractivity (Wildman–Crippen MR) is 137 cm³/mol. The van der Waals surface area contributed by atoms with Gasteiger partial charge in [0.2, 0.25) is 0 Å². The molecule has 33 heavy (non-hydrogen) atoms. The number of carboxylic acid groups (broad SMARTS) is 1. The van der Waals surface area contributed by atoms with Crippen LogP contribution in [0.2, 0.25) is 0 Å². The Morgan fingerprint density at radius 1 is 1.09 bits per heavy atom. The number of carbonyl (C=O) groups is 1. The van der Waals surface area contributed by atoms with E-state index in [4.69, 9.17) is 11.7 Å². The minimum Gasteiger partial charge on any atom is -0.486 e. The lowest BCUT2D eigenvalue weighted by molar-refractivity contribution is -0.132. The molecule has 0 fully saturated rings. The zero-order chi connectivity index (χ0) is 23.6. The molecule has 1 N–H and O–H groups in total. The first-order chi connectivity index (χ1) is 16.0. The number of fused-ring (bicyclic) bond motifs is 2. The Kier molecular flexibility index (Phi) is 8.66. The molecule has 170 valence electrons. The SMILES string of the molecule is [C-]#[N+]\C(=C/C(C)=C/C=C/c1ccc2c(c1)CCc1ccccc1N2CCCCCC)C(=O)O. The molecule has 1 heterocycles. The van der Waals surface area contributed by atoms with Crippen LogP contribution in [0.3, 0.4) is 0 Å². The summed E-state index contributed by atoms with van der Waals surface area (Å²) in [6.07, 6.45) is 14.1. The van der Waals surface area contributed by atoms with Crippen molar-refractivity contribution in [3.63, 3.8) is 0 Å². The third kappa shape index (κ3) is 6.46. The first-order valence-electron chi connectivity index (χ1n) is 11.7. The van der Waals surface area contributed by atoms with E-state index in [0.29, 0.717) is 0 Å².